The minimum atomic E-state index is 0.743. The molecule has 3 N–H and O–H groups in total. The van der Waals surface area contributed by atoms with Crippen LogP contribution in [0.1, 0.15) is 16.8 Å². The van der Waals surface area contributed by atoms with E-state index in [1.165, 1.54) is 16.5 Å². The Balaban J connectivity index is 1.29. The number of nitrogens with two attached hydrogens (primary N) is 1. The lowest BCUT2D eigenvalue weighted by Gasteiger charge is -2.28. The zero-order valence-electron chi connectivity index (χ0n) is 18.6. The smallest absolute Gasteiger partial charge is 0.159 e. The summed E-state index contributed by atoms with van der Waals surface area (Å²) < 4.78 is 0. The Morgan fingerprint density at radius 3 is 2.53 bits per heavy atom. The number of hydrogen-bond acceptors (Lipinski definition) is 4. The molecule has 0 saturated carbocycles. The molecule has 0 spiro atoms. The van der Waals surface area contributed by atoms with Crippen LogP contribution in [0, 0.1) is 0 Å². The quantitative estimate of drug-likeness (QED) is 0.315. The van der Waals surface area contributed by atoms with Crippen molar-refractivity contribution in [2.45, 2.75) is 19.5 Å². The molecule has 0 fully saturated rings. The first-order chi connectivity index (χ1) is 16.6. The van der Waals surface area contributed by atoms with Gasteiger partial charge in [0.05, 0.1) is 11.4 Å². The largest absolute Gasteiger partial charge is 0.399 e. The van der Waals surface area contributed by atoms with E-state index < -0.39 is 0 Å². The summed E-state index contributed by atoms with van der Waals surface area (Å²) in [5, 5.41) is 2.00. The van der Waals surface area contributed by atoms with E-state index in [4.69, 9.17) is 22.3 Å². The van der Waals surface area contributed by atoms with Crippen LogP contribution in [-0.2, 0) is 19.5 Å². The number of benzene rings is 3. The SMILES string of the molecule is Nc1ccc(-c2ncc3c(n2)CCN(Cc2c(-c4ccc(Cl)cc4)[nH]c4ccccc24)C3)cc1. The molecule has 0 atom stereocenters. The van der Waals surface area contributed by atoms with E-state index >= 15 is 0 Å². The Kier molecular flexibility index (Phi) is 5.28. The first-order valence-electron chi connectivity index (χ1n) is 11.4. The maximum atomic E-state index is 6.14. The maximum Gasteiger partial charge on any atom is 0.159 e. The van der Waals surface area contributed by atoms with E-state index in [9.17, 15) is 0 Å². The molecule has 0 aliphatic carbocycles. The minimum absolute atomic E-state index is 0.743. The zero-order chi connectivity index (χ0) is 23.1. The van der Waals surface area contributed by atoms with Crippen molar-refractivity contribution in [2.24, 2.45) is 0 Å². The number of nitrogen functional groups attached to an aromatic ring is 1. The number of H-pyrrole nitrogens is 1. The van der Waals surface area contributed by atoms with Crippen LogP contribution >= 0.6 is 11.6 Å². The summed E-state index contributed by atoms with van der Waals surface area (Å²) >= 11 is 6.14. The molecule has 2 aromatic heterocycles. The highest BCUT2D eigenvalue weighted by Gasteiger charge is 2.22. The highest BCUT2D eigenvalue weighted by atomic mass is 35.5. The fourth-order valence-corrected chi connectivity index (χ4v) is 4.86. The molecular formula is C28H24ClN5. The van der Waals surface area contributed by atoms with Crippen molar-refractivity contribution in [3.63, 3.8) is 0 Å². The van der Waals surface area contributed by atoms with E-state index in [1.807, 2.05) is 42.6 Å². The molecule has 3 aromatic carbocycles. The van der Waals surface area contributed by atoms with Crippen molar-refractivity contribution in [1.29, 1.82) is 0 Å². The molecule has 0 bridgehead atoms. The summed E-state index contributed by atoms with van der Waals surface area (Å²) in [5.41, 5.74) is 14.6. The summed E-state index contributed by atoms with van der Waals surface area (Å²) in [4.78, 5) is 15.6. The number of aromatic nitrogens is 3. The molecule has 0 unspecified atom stereocenters. The van der Waals surface area contributed by atoms with Crippen LogP contribution in [0.25, 0.3) is 33.5 Å². The molecule has 0 amide bonds. The molecule has 34 heavy (non-hydrogen) atoms. The van der Waals surface area contributed by atoms with Crippen molar-refractivity contribution < 1.29 is 0 Å². The molecule has 1 aliphatic heterocycles. The van der Waals surface area contributed by atoms with Crippen molar-refractivity contribution >= 4 is 28.2 Å². The average molecular weight is 466 g/mol. The normalized spacial score (nSPS) is 13.8. The Morgan fingerprint density at radius 2 is 1.71 bits per heavy atom. The van der Waals surface area contributed by atoms with E-state index in [0.717, 1.165) is 70.6 Å². The molecular weight excluding hydrogens is 442 g/mol. The van der Waals surface area contributed by atoms with Crippen LogP contribution < -0.4 is 5.73 Å². The number of nitrogens with one attached hydrogen (secondary N) is 1. The Labute approximate surface area is 203 Å². The highest BCUT2D eigenvalue weighted by Crippen LogP contribution is 2.33. The fraction of sp³-hybridized carbons (Fsp3) is 0.143. The van der Waals surface area contributed by atoms with Gasteiger partial charge in [-0.3, -0.25) is 4.90 Å². The second kappa shape index (κ2) is 8.60. The number of fused-ring (bicyclic) bond motifs is 2. The minimum Gasteiger partial charge on any atom is -0.399 e. The average Bonchev–Trinajstić information content (AvgIpc) is 3.23. The lowest BCUT2D eigenvalue weighted by atomic mass is 10.0. The monoisotopic (exact) mass is 465 g/mol. The number of aromatic amines is 1. The molecule has 5 aromatic rings. The highest BCUT2D eigenvalue weighted by molar-refractivity contribution is 6.30. The maximum absolute atomic E-state index is 6.14. The Hall–Kier alpha value is -3.67. The number of nitrogens with zero attached hydrogens (tertiary/aromatic N) is 3. The molecule has 168 valence electrons. The molecule has 6 rings (SSSR count). The van der Waals surface area contributed by atoms with Crippen LogP contribution in [0.3, 0.4) is 0 Å². The van der Waals surface area contributed by atoms with Gasteiger partial charge < -0.3 is 10.7 Å². The second-order valence-corrected chi connectivity index (χ2v) is 9.22. The van der Waals surface area contributed by atoms with Crippen LogP contribution in [0.2, 0.25) is 5.02 Å². The Bertz CT molecular complexity index is 1470. The topological polar surface area (TPSA) is 70.8 Å². The van der Waals surface area contributed by atoms with Crippen LogP contribution in [0.4, 0.5) is 5.69 Å². The van der Waals surface area contributed by atoms with Gasteiger partial charge in [0.15, 0.2) is 5.82 Å². The molecule has 6 heteroatoms. The number of halogens is 1. The van der Waals surface area contributed by atoms with E-state index in [0.29, 0.717) is 0 Å². The lowest BCUT2D eigenvalue weighted by molar-refractivity contribution is 0.244. The second-order valence-electron chi connectivity index (χ2n) is 8.78. The van der Waals surface area contributed by atoms with Gasteiger partial charge in [0.2, 0.25) is 0 Å². The van der Waals surface area contributed by atoms with E-state index in [1.54, 1.807) is 0 Å². The van der Waals surface area contributed by atoms with Gasteiger partial charge in [-0.2, -0.15) is 0 Å². The van der Waals surface area contributed by atoms with E-state index in [-0.39, 0.29) is 0 Å². The number of hydrogen-bond donors (Lipinski definition) is 2. The van der Waals surface area contributed by atoms with Gasteiger partial charge in [-0.1, -0.05) is 41.9 Å². The molecule has 3 heterocycles. The van der Waals surface area contributed by atoms with Gasteiger partial charge in [0.25, 0.3) is 0 Å². The third-order valence-corrected chi connectivity index (χ3v) is 6.76. The molecule has 0 radical (unpaired) electrons. The molecule has 5 nitrogen and oxygen atoms in total. The van der Waals surface area contributed by atoms with Gasteiger partial charge in [-0.05, 0) is 53.6 Å². The predicted octanol–water partition coefficient (Wildman–Crippen LogP) is 6.09. The van der Waals surface area contributed by atoms with Gasteiger partial charge in [-0.15, -0.1) is 0 Å². The first-order valence-corrected chi connectivity index (χ1v) is 11.8. The summed E-state index contributed by atoms with van der Waals surface area (Å²) in [6, 6.07) is 24.3. The van der Waals surface area contributed by atoms with Gasteiger partial charge >= 0.3 is 0 Å². The number of anilines is 1. The number of para-hydroxylation sites is 1. The van der Waals surface area contributed by atoms with Crippen molar-refractivity contribution in [2.75, 3.05) is 12.3 Å². The summed E-state index contributed by atoms with van der Waals surface area (Å²) in [6.45, 7) is 2.63. The van der Waals surface area contributed by atoms with Gasteiger partial charge in [0.1, 0.15) is 0 Å². The lowest BCUT2D eigenvalue weighted by Crippen LogP contribution is -2.31. The van der Waals surface area contributed by atoms with Gasteiger partial charge in [-0.25, -0.2) is 9.97 Å². The summed E-state index contributed by atoms with van der Waals surface area (Å²) in [7, 11) is 0. The fourth-order valence-electron chi connectivity index (χ4n) is 4.73. The summed E-state index contributed by atoms with van der Waals surface area (Å²) in [6.07, 6.45) is 2.88. The van der Waals surface area contributed by atoms with Crippen molar-refractivity contribution in [3.05, 3.63) is 101 Å². The number of rotatable bonds is 4. The van der Waals surface area contributed by atoms with Gasteiger partial charge in [0, 0.05) is 65.0 Å². The third-order valence-electron chi connectivity index (χ3n) is 6.51. The first kappa shape index (κ1) is 20.9. The van der Waals surface area contributed by atoms with Crippen LogP contribution in [0.5, 0.6) is 0 Å². The van der Waals surface area contributed by atoms with Crippen molar-refractivity contribution in [3.8, 4) is 22.6 Å². The Morgan fingerprint density at radius 1 is 0.941 bits per heavy atom. The van der Waals surface area contributed by atoms with Crippen LogP contribution in [0.15, 0.2) is 79.0 Å². The molecule has 0 saturated heterocycles. The predicted molar refractivity (Wildman–Crippen MR) is 138 cm³/mol. The summed E-state index contributed by atoms with van der Waals surface area (Å²) in [5.74, 6) is 0.758. The van der Waals surface area contributed by atoms with E-state index in [2.05, 4.69) is 51.3 Å². The van der Waals surface area contributed by atoms with Crippen LogP contribution in [-0.4, -0.2) is 26.4 Å². The molecule has 1 aliphatic rings. The third kappa shape index (κ3) is 3.94. The van der Waals surface area contributed by atoms with Crippen molar-refractivity contribution in [1.82, 2.24) is 19.9 Å². The zero-order valence-corrected chi connectivity index (χ0v) is 19.4. The standard InChI is InChI=1S/C28H24ClN5/c29-21-9-5-18(6-10-21)27-24(23-3-1-2-4-26(23)32-27)17-34-14-13-25-20(16-34)15-31-28(33-25)19-7-11-22(30)12-8-19/h1-12,15,32H,13-14,16-17,30H2.